The molecule has 156 valence electrons. The fourth-order valence-electron chi connectivity index (χ4n) is 2.00. The van der Waals surface area contributed by atoms with Crippen LogP contribution in [0.15, 0.2) is 0 Å². The molecule has 0 amide bonds. The Kier molecular flexibility index (Phi) is 10.6. The van der Waals surface area contributed by atoms with Gasteiger partial charge in [-0.25, -0.2) is 0 Å². The van der Waals surface area contributed by atoms with E-state index >= 15 is 0 Å². The number of esters is 4. The molecule has 2 unspecified atom stereocenters. The van der Waals surface area contributed by atoms with E-state index in [1.165, 1.54) is 28.1 Å². The number of carbonyl (C=O) groups is 4. The van der Waals surface area contributed by atoms with Crippen molar-refractivity contribution in [3.63, 3.8) is 0 Å². The van der Waals surface area contributed by atoms with E-state index in [1.54, 1.807) is 13.8 Å². The smallest absolute Gasteiger partial charge is 0.323 e. The van der Waals surface area contributed by atoms with Crippen molar-refractivity contribution in [1.29, 1.82) is 0 Å². The van der Waals surface area contributed by atoms with Gasteiger partial charge in [0.2, 0.25) is 0 Å². The fourth-order valence-corrected chi connectivity index (χ4v) is 2.00. The average molecular weight is 390 g/mol. The molecule has 0 N–H and O–H groups in total. The zero-order valence-corrected chi connectivity index (χ0v) is 16.9. The molecule has 0 spiro atoms. The molecule has 0 aliphatic heterocycles. The quantitative estimate of drug-likeness (QED) is 0.210. The second kappa shape index (κ2) is 11.5. The van der Waals surface area contributed by atoms with Crippen molar-refractivity contribution >= 4 is 23.9 Å². The Hall–Kier alpha value is -2.16. The van der Waals surface area contributed by atoms with Crippen LogP contribution in [0.25, 0.3) is 0 Å². The maximum absolute atomic E-state index is 12.0. The summed E-state index contributed by atoms with van der Waals surface area (Å²) in [6.45, 7) is 6.27. The lowest BCUT2D eigenvalue weighted by Crippen LogP contribution is -2.39. The van der Waals surface area contributed by atoms with Crippen LogP contribution in [-0.2, 0) is 42.9 Å². The van der Waals surface area contributed by atoms with E-state index in [0.717, 1.165) is 0 Å². The Morgan fingerprint density at radius 1 is 0.630 bits per heavy atom. The summed E-state index contributed by atoms with van der Waals surface area (Å²) in [5.41, 5.74) is -2.72. The van der Waals surface area contributed by atoms with Gasteiger partial charge < -0.3 is 23.7 Å². The summed E-state index contributed by atoms with van der Waals surface area (Å²) in [6.07, 6.45) is 0.484. The predicted octanol–water partition coefficient (Wildman–Crippen LogP) is 1.27. The van der Waals surface area contributed by atoms with Crippen molar-refractivity contribution in [3.8, 4) is 0 Å². The first-order chi connectivity index (χ1) is 12.6. The molecule has 0 heterocycles. The SMILES string of the molecule is CCC(C)(C(=O)OC)C(=O)OCCOCCOC(=O)C(C)(CC)C(=O)OC. The molecule has 0 saturated heterocycles. The number of carbonyl (C=O) groups excluding carboxylic acids is 4. The molecule has 0 radical (unpaired) electrons. The van der Waals surface area contributed by atoms with Gasteiger partial charge in [-0.3, -0.25) is 19.2 Å². The van der Waals surface area contributed by atoms with Crippen molar-refractivity contribution in [2.24, 2.45) is 10.8 Å². The maximum Gasteiger partial charge on any atom is 0.323 e. The van der Waals surface area contributed by atoms with Crippen molar-refractivity contribution < 1.29 is 42.9 Å². The summed E-state index contributed by atoms with van der Waals surface area (Å²) >= 11 is 0. The van der Waals surface area contributed by atoms with E-state index < -0.39 is 34.7 Å². The molecule has 0 aromatic carbocycles. The summed E-state index contributed by atoms with van der Waals surface area (Å²) in [5.74, 6) is -2.70. The molecular formula is C18H30O9. The van der Waals surface area contributed by atoms with Gasteiger partial charge in [0, 0.05) is 0 Å². The molecule has 0 aromatic rings. The van der Waals surface area contributed by atoms with Gasteiger partial charge in [-0.15, -0.1) is 0 Å². The minimum atomic E-state index is -1.36. The number of ether oxygens (including phenoxy) is 5. The van der Waals surface area contributed by atoms with Crippen molar-refractivity contribution in [1.82, 2.24) is 0 Å². The van der Waals surface area contributed by atoms with Crippen LogP contribution in [0, 0.1) is 10.8 Å². The number of hydrogen-bond donors (Lipinski definition) is 0. The van der Waals surface area contributed by atoms with E-state index in [0.29, 0.717) is 0 Å². The summed E-state index contributed by atoms with van der Waals surface area (Å²) in [7, 11) is 2.41. The van der Waals surface area contributed by atoms with Gasteiger partial charge in [-0.1, -0.05) is 13.8 Å². The summed E-state index contributed by atoms with van der Waals surface area (Å²) in [4.78, 5) is 47.4. The largest absolute Gasteiger partial charge is 0.468 e. The molecule has 0 fully saturated rings. The van der Waals surface area contributed by atoms with Gasteiger partial charge in [0.1, 0.15) is 13.2 Å². The normalized spacial score (nSPS) is 15.0. The minimum absolute atomic E-state index is 0.0613. The van der Waals surface area contributed by atoms with Crippen LogP contribution in [0.5, 0.6) is 0 Å². The van der Waals surface area contributed by atoms with Crippen molar-refractivity contribution in [2.45, 2.75) is 40.5 Å². The van der Waals surface area contributed by atoms with E-state index in [2.05, 4.69) is 9.47 Å². The van der Waals surface area contributed by atoms with Crippen LogP contribution in [0.2, 0.25) is 0 Å². The molecule has 2 atom stereocenters. The van der Waals surface area contributed by atoms with Crippen LogP contribution in [-0.4, -0.2) is 64.5 Å². The Balaban J connectivity index is 4.18. The molecule has 0 rings (SSSR count). The average Bonchev–Trinajstić information content (AvgIpc) is 2.69. The van der Waals surface area contributed by atoms with Gasteiger partial charge >= 0.3 is 23.9 Å². The lowest BCUT2D eigenvalue weighted by atomic mass is 9.88. The number of rotatable bonds is 12. The van der Waals surface area contributed by atoms with Crippen LogP contribution in [0.4, 0.5) is 0 Å². The molecule has 0 aliphatic carbocycles. The first-order valence-corrected chi connectivity index (χ1v) is 8.73. The van der Waals surface area contributed by atoms with Gasteiger partial charge in [-0.2, -0.15) is 0 Å². The highest BCUT2D eigenvalue weighted by Gasteiger charge is 2.43. The predicted molar refractivity (Wildman–Crippen MR) is 93.6 cm³/mol. The minimum Gasteiger partial charge on any atom is -0.468 e. The molecule has 9 nitrogen and oxygen atoms in total. The summed E-state index contributed by atoms with van der Waals surface area (Å²) < 4.78 is 24.5. The van der Waals surface area contributed by atoms with Crippen LogP contribution < -0.4 is 0 Å². The van der Waals surface area contributed by atoms with Crippen molar-refractivity contribution in [3.05, 3.63) is 0 Å². The van der Waals surface area contributed by atoms with Gasteiger partial charge in [-0.05, 0) is 26.7 Å². The molecule has 0 aromatic heterocycles. The van der Waals surface area contributed by atoms with E-state index in [4.69, 9.17) is 14.2 Å². The van der Waals surface area contributed by atoms with E-state index in [9.17, 15) is 19.2 Å². The molecule has 27 heavy (non-hydrogen) atoms. The third-order valence-corrected chi connectivity index (χ3v) is 4.51. The lowest BCUT2D eigenvalue weighted by molar-refractivity contribution is -0.170. The zero-order chi connectivity index (χ0) is 21.1. The zero-order valence-electron chi connectivity index (χ0n) is 16.9. The Labute approximate surface area is 159 Å². The molecule has 9 heteroatoms. The van der Waals surface area contributed by atoms with E-state index in [-0.39, 0.29) is 39.3 Å². The van der Waals surface area contributed by atoms with Crippen LogP contribution in [0.1, 0.15) is 40.5 Å². The summed E-state index contributed by atoms with van der Waals surface area (Å²) in [6, 6.07) is 0. The Morgan fingerprint density at radius 3 is 1.22 bits per heavy atom. The van der Waals surface area contributed by atoms with Crippen LogP contribution >= 0.6 is 0 Å². The molecule has 0 bridgehead atoms. The topological polar surface area (TPSA) is 114 Å². The molecular weight excluding hydrogens is 360 g/mol. The summed E-state index contributed by atoms with van der Waals surface area (Å²) in [5, 5.41) is 0. The monoisotopic (exact) mass is 390 g/mol. The van der Waals surface area contributed by atoms with E-state index in [1.807, 2.05) is 0 Å². The highest BCUT2D eigenvalue weighted by atomic mass is 16.6. The third-order valence-electron chi connectivity index (χ3n) is 4.51. The fraction of sp³-hybridized carbons (Fsp3) is 0.778. The number of hydrogen-bond acceptors (Lipinski definition) is 9. The molecule has 0 saturated carbocycles. The second-order valence-electron chi connectivity index (χ2n) is 6.24. The standard InChI is InChI=1S/C18H30O9/c1-7-17(3,13(19)23-5)15(21)26-11-9-25-10-12-27-16(22)18(4,8-2)14(20)24-6/h7-12H2,1-6H3. The number of methoxy groups -OCH3 is 2. The first kappa shape index (κ1) is 24.8. The van der Waals surface area contributed by atoms with Crippen molar-refractivity contribution in [2.75, 3.05) is 40.6 Å². The first-order valence-electron chi connectivity index (χ1n) is 8.73. The Bertz CT molecular complexity index is 485. The van der Waals surface area contributed by atoms with Gasteiger partial charge in [0.15, 0.2) is 10.8 Å². The van der Waals surface area contributed by atoms with Gasteiger partial charge in [0.25, 0.3) is 0 Å². The van der Waals surface area contributed by atoms with Crippen LogP contribution in [0.3, 0.4) is 0 Å². The van der Waals surface area contributed by atoms with Gasteiger partial charge in [0.05, 0.1) is 27.4 Å². The maximum atomic E-state index is 12.0. The second-order valence-corrected chi connectivity index (χ2v) is 6.24. The third kappa shape index (κ3) is 6.50. The Morgan fingerprint density at radius 2 is 0.963 bits per heavy atom. The lowest BCUT2D eigenvalue weighted by Gasteiger charge is -2.23. The molecule has 0 aliphatic rings. The highest BCUT2D eigenvalue weighted by molar-refractivity contribution is 6.00. The highest BCUT2D eigenvalue weighted by Crippen LogP contribution is 2.25.